The van der Waals surface area contributed by atoms with Gasteiger partial charge in [-0.25, -0.2) is 0 Å². The van der Waals surface area contributed by atoms with Crippen molar-refractivity contribution >= 4 is 0 Å². The molecule has 0 fully saturated rings. The van der Waals surface area contributed by atoms with Crippen LogP contribution in [0.3, 0.4) is 0 Å². The summed E-state index contributed by atoms with van der Waals surface area (Å²) >= 11 is 0. The van der Waals surface area contributed by atoms with E-state index in [4.69, 9.17) is 5.11 Å². The van der Waals surface area contributed by atoms with Gasteiger partial charge >= 0.3 is 0 Å². The van der Waals surface area contributed by atoms with Gasteiger partial charge in [-0.05, 0) is 25.7 Å². The number of hydrogen-bond acceptors (Lipinski definition) is 1. The van der Waals surface area contributed by atoms with Crippen LogP contribution in [-0.4, -0.2) is 11.7 Å². The van der Waals surface area contributed by atoms with Gasteiger partial charge in [0.1, 0.15) is 6.61 Å². The van der Waals surface area contributed by atoms with Crippen molar-refractivity contribution in [2.24, 2.45) is 10.8 Å². The third-order valence-corrected chi connectivity index (χ3v) is 1.48. The Balaban J connectivity index is 4.23. The Kier molecular flexibility index (Phi) is 3.80. The van der Waals surface area contributed by atoms with Gasteiger partial charge in [-0.2, -0.15) is 0 Å². The van der Waals surface area contributed by atoms with Crippen LogP contribution in [0.2, 0.25) is 0 Å². The molecule has 0 aromatic carbocycles. The van der Waals surface area contributed by atoms with Crippen LogP contribution in [0.25, 0.3) is 0 Å². The molecule has 0 unspecified atom stereocenters. The van der Waals surface area contributed by atoms with E-state index >= 15 is 0 Å². The second-order valence-corrected chi connectivity index (χ2v) is 5.08. The van der Waals surface area contributed by atoms with Crippen LogP contribution in [-0.2, 0) is 0 Å². The molecule has 1 N–H and O–H groups in total. The van der Waals surface area contributed by atoms with Gasteiger partial charge in [0.15, 0.2) is 0 Å². The summed E-state index contributed by atoms with van der Waals surface area (Å²) in [5.74, 6) is 5.78. The summed E-state index contributed by atoms with van der Waals surface area (Å²) in [6.07, 6.45) is 1.05. The molecule has 0 saturated carbocycles. The number of hydrogen-bond donors (Lipinski definition) is 1. The SMILES string of the molecule is CC(C)(C)CC(C)(C)C#CCO. The van der Waals surface area contributed by atoms with E-state index in [1.54, 1.807) is 0 Å². The van der Waals surface area contributed by atoms with Crippen LogP contribution in [0.1, 0.15) is 41.0 Å². The van der Waals surface area contributed by atoms with Gasteiger partial charge in [-0.15, -0.1) is 0 Å². The van der Waals surface area contributed by atoms with Crippen LogP contribution in [0, 0.1) is 22.7 Å². The van der Waals surface area contributed by atoms with Gasteiger partial charge in [0, 0.05) is 5.41 Å². The van der Waals surface area contributed by atoms with Crippen molar-refractivity contribution in [2.45, 2.75) is 41.0 Å². The summed E-state index contributed by atoms with van der Waals surface area (Å²) in [4.78, 5) is 0. The summed E-state index contributed by atoms with van der Waals surface area (Å²) in [5, 5.41) is 8.55. The minimum Gasteiger partial charge on any atom is -0.384 e. The van der Waals surface area contributed by atoms with Crippen molar-refractivity contribution in [2.75, 3.05) is 6.61 Å². The van der Waals surface area contributed by atoms with Crippen LogP contribution in [0.4, 0.5) is 0 Å². The third kappa shape index (κ3) is 6.24. The molecule has 0 radical (unpaired) electrons. The normalized spacial score (nSPS) is 12.2. The molecule has 0 aromatic rings. The van der Waals surface area contributed by atoms with Gasteiger partial charge in [0.2, 0.25) is 0 Å². The molecule has 0 amide bonds. The van der Waals surface area contributed by atoms with E-state index < -0.39 is 0 Å². The van der Waals surface area contributed by atoms with E-state index in [1.807, 2.05) is 0 Å². The second kappa shape index (κ2) is 3.96. The van der Waals surface area contributed by atoms with Crippen molar-refractivity contribution in [1.82, 2.24) is 0 Å². The van der Waals surface area contributed by atoms with Crippen LogP contribution >= 0.6 is 0 Å². The summed E-state index contributed by atoms with van der Waals surface area (Å²) in [6, 6.07) is 0. The average molecular weight is 168 g/mol. The van der Waals surface area contributed by atoms with Crippen molar-refractivity contribution in [1.29, 1.82) is 0 Å². The van der Waals surface area contributed by atoms with Gasteiger partial charge in [-0.1, -0.05) is 32.6 Å². The minimum absolute atomic E-state index is 0.0149. The molecule has 0 rings (SSSR count). The highest BCUT2D eigenvalue weighted by atomic mass is 16.2. The van der Waals surface area contributed by atoms with E-state index in [0.717, 1.165) is 6.42 Å². The van der Waals surface area contributed by atoms with E-state index in [9.17, 15) is 0 Å². The Labute approximate surface area is 76.2 Å². The largest absolute Gasteiger partial charge is 0.384 e. The van der Waals surface area contributed by atoms with Crippen LogP contribution in [0.15, 0.2) is 0 Å². The van der Waals surface area contributed by atoms with Gasteiger partial charge in [-0.3, -0.25) is 0 Å². The number of rotatable bonds is 1. The van der Waals surface area contributed by atoms with Crippen molar-refractivity contribution in [3.63, 3.8) is 0 Å². The molecule has 0 heterocycles. The zero-order valence-electron chi connectivity index (χ0n) is 8.86. The average Bonchev–Trinajstić information content (AvgIpc) is 1.78. The molecule has 1 nitrogen and oxygen atoms in total. The molecule has 0 bridgehead atoms. The maximum Gasteiger partial charge on any atom is 0.104 e. The lowest BCUT2D eigenvalue weighted by Gasteiger charge is -2.27. The standard InChI is InChI=1S/C11H20O/c1-10(2,3)9-11(4,5)7-6-8-12/h12H,8-9H2,1-5H3. The molecular formula is C11H20O. The maximum atomic E-state index is 8.55. The van der Waals surface area contributed by atoms with Crippen molar-refractivity contribution < 1.29 is 5.11 Å². The fraction of sp³-hybridized carbons (Fsp3) is 0.818. The fourth-order valence-corrected chi connectivity index (χ4v) is 1.65. The highest BCUT2D eigenvalue weighted by Gasteiger charge is 2.23. The van der Waals surface area contributed by atoms with E-state index in [-0.39, 0.29) is 12.0 Å². The third-order valence-electron chi connectivity index (χ3n) is 1.48. The fourth-order valence-electron chi connectivity index (χ4n) is 1.65. The van der Waals surface area contributed by atoms with Gasteiger partial charge < -0.3 is 5.11 Å². The lowest BCUT2D eigenvalue weighted by Crippen LogP contribution is -2.18. The second-order valence-electron chi connectivity index (χ2n) is 5.08. The molecule has 0 aliphatic heterocycles. The first-order chi connectivity index (χ1) is 5.27. The molecule has 0 aromatic heterocycles. The first-order valence-corrected chi connectivity index (χ1v) is 4.38. The molecule has 0 saturated heterocycles. The predicted molar refractivity (Wildman–Crippen MR) is 52.7 cm³/mol. The predicted octanol–water partition coefficient (Wildman–Crippen LogP) is 2.44. The molecule has 1 heteroatoms. The minimum atomic E-state index is -0.0342. The van der Waals surface area contributed by atoms with Crippen LogP contribution in [0.5, 0.6) is 0 Å². The Morgan fingerprint density at radius 3 is 1.92 bits per heavy atom. The smallest absolute Gasteiger partial charge is 0.104 e. The Bertz CT molecular complexity index is 185. The number of aliphatic hydroxyl groups is 1. The highest BCUT2D eigenvalue weighted by molar-refractivity contribution is 5.09. The molecule has 0 atom stereocenters. The lowest BCUT2D eigenvalue weighted by molar-refractivity contribution is 0.270. The van der Waals surface area contributed by atoms with Crippen LogP contribution < -0.4 is 0 Å². The summed E-state index contributed by atoms with van der Waals surface area (Å²) in [6.45, 7) is 10.8. The highest BCUT2D eigenvalue weighted by Crippen LogP contribution is 2.32. The monoisotopic (exact) mass is 168 g/mol. The Morgan fingerprint density at radius 1 is 1.08 bits per heavy atom. The molecule has 12 heavy (non-hydrogen) atoms. The molecule has 0 aliphatic rings. The number of aliphatic hydroxyl groups excluding tert-OH is 1. The van der Waals surface area contributed by atoms with Gasteiger partial charge in [0.05, 0.1) is 0 Å². The van der Waals surface area contributed by atoms with Gasteiger partial charge in [0.25, 0.3) is 0 Å². The van der Waals surface area contributed by atoms with E-state index in [2.05, 4.69) is 46.5 Å². The quantitative estimate of drug-likeness (QED) is 0.596. The molecular weight excluding hydrogens is 148 g/mol. The molecule has 0 spiro atoms. The van der Waals surface area contributed by atoms with E-state index in [0.29, 0.717) is 5.41 Å². The topological polar surface area (TPSA) is 20.2 Å². The Morgan fingerprint density at radius 2 is 1.58 bits per heavy atom. The zero-order chi connectivity index (χ0) is 9.83. The van der Waals surface area contributed by atoms with Crippen molar-refractivity contribution in [3.05, 3.63) is 0 Å². The van der Waals surface area contributed by atoms with Crippen molar-refractivity contribution in [3.8, 4) is 11.8 Å². The molecule has 0 aliphatic carbocycles. The molecule has 70 valence electrons. The Hall–Kier alpha value is -0.480. The van der Waals surface area contributed by atoms with E-state index in [1.165, 1.54) is 0 Å². The zero-order valence-corrected chi connectivity index (χ0v) is 8.86. The summed E-state index contributed by atoms with van der Waals surface area (Å²) in [5.41, 5.74) is 0.314. The lowest BCUT2D eigenvalue weighted by atomic mass is 9.77. The maximum absolute atomic E-state index is 8.55. The first kappa shape index (κ1) is 11.5. The first-order valence-electron chi connectivity index (χ1n) is 4.38. The summed E-state index contributed by atoms with van der Waals surface area (Å²) < 4.78 is 0. The summed E-state index contributed by atoms with van der Waals surface area (Å²) in [7, 11) is 0.